The fourth-order valence-corrected chi connectivity index (χ4v) is 3.08. The summed E-state index contributed by atoms with van der Waals surface area (Å²) in [6.45, 7) is 2.37. The van der Waals surface area contributed by atoms with Gasteiger partial charge in [-0.15, -0.1) is 0 Å². The van der Waals surface area contributed by atoms with Gasteiger partial charge in [0.05, 0.1) is 17.9 Å². The number of hydrogen-bond donors (Lipinski definition) is 1. The Kier molecular flexibility index (Phi) is 4.64. The van der Waals surface area contributed by atoms with Gasteiger partial charge in [-0.25, -0.2) is 0 Å². The number of para-hydroxylation sites is 1. The van der Waals surface area contributed by atoms with Crippen LogP contribution in [-0.2, 0) is 29.6 Å². The lowest BCUT2D eigenvalue weighted by molar-refractivity contribution is -0.124. The largest absolute Gasteiger partial charge is 0.349 e. The van der Waals surface area contributed by atoms with Crippen LogP contribution in [0.5, 0.6) is 0 Å². The summed E-state index contributed by atoms with van der Waals surface area (Å²) >= 11 is 0. The van der Waals surface area contributed by atoms with Crippen LogP contribution in [0, 0.1) is 6.92 Å². The van der Waals surface area contributed by atoms with Crippen molar-refractivity contribution in [2.24, 2.45) is 7.05 Å². The number of nitrogens with one attached hydrogen (secondary N) is 1. The van der Waals surface area contributed by atoms with Crippen molar-refractivity contribution < 1.29 is 9.59 Å². The number of carbonyl (C=O) groups excluding carboxylic acids is 2. The van der Waals surface area contributed by atoms with E-state index in [0.29, 0.717) is 13.0 Å². The average molecular weight is 326 g/mol. The number of fused-ring (bicyclic) bond motifs is 1. The maximum absolute atomic E-state index is 12.4. The number of hydrogen-bond acceptors (Lipinski definition) is 3. The first-order chi connectivity index (χ1) is 11.5. The van der Waals surface area contributed by atoms with Gasteiger partial charge in [-0.1, -0.05) is 18.2 Å². The number of amides is 2. The molecule has 0 unspecified atom stereocenters. The van der Waals surface area contributed by atoms with Crippen LogP contribution in [0.2, 0.25) is 0 Å². The lowest BCUT2D eigenvalue weighted by Gasteiger charge is -2.22. The minimum absolute atomic E-state index is 0.00600. The van der Waals surface area contributed by atoms with Crippen LogP contribution in [0.25, 0.3) is 0 Å². The molecule has 0 bridgehead atoms. The van der Waals surface area contributed by atoms with E-state index in [2.05, 4.69) is 10.4 Å². The van der Waals surface area contributed by atoms with E-state index < -0.39 is 0 Å². The zero-order valence-corrected chi connectivity index (χ0v) is 14.1. The molecular formula is C18H22N4O2. The van der Waals surface area contributed by atoms with E-state index in [0.717, 1.165) is 35.5 Å². The summed E-state index contributed by atoms with van der Waals surface area (Å²) in [6.07, 6.45) is 2.17. The zero-order chi connectivity index (χ0) is 17.1. The predicted molar refractivity (Wildman–Crippen MR) is 91.5 cm³/mol. The molecule has 6 nitrogen and oxygen atoms in total. The van der Waals surface area contributed by atoms with Gasteiger partial charge in [-0.3, -0.25) is 14.3 Å². The molecule has 0 saturated carbocycles. The van der Waals surface area contributed by atoms with Crippen molar-refractivity contribution in [1.29, 1.82) is 0 Å². The van der Waals surface area contributed by atoms with Crippen molar-refractivity contribution in [2.45, 2.75) is 32.7 Å². The summed E-state index contributed by atoms with van der Waals surface area (Å²) in [4.78, 5) is 26.3. The fourth-order valence-electron chi connectivity index (χ4n) is 3.08. The van der Waals surface area contributed by atoms with Gasteiger partial charge in [0.2, 0.25) is 11.8 Å². The van der Waals surface area contributed by atoms with Gasteiger partial charge in [-0.2, -0.15) is 5.10 Å². The Morgan fingerprint density at radius 1 is 1.29 bits per heavy atom. The van der Waals surface area contributed by atoms with Gasteiger partial charge in [0, 0.05) is 19.2 Å². The second-order valence-electron chi connectivity index (χ2n) is 6.14. The summed E-state index contributed by atoms with van der Waals surface area (Å²) < 4.78 is 1.75. The summed E-state index contributed by atoms with van der Waals surface area (Å²) in [5.41, 5.74) is 3.83. The Balaban J connectivity index is 1.69. The second kappa shape index (κ2) is 6.86. The number of benzene rings is 1. The van der Waals surface area contributed by atoms with Gasteiger partial charge >= 0.3 is 0 Å². The quantitative estimate of drug-likeness (QED) is 0.930. The second-order valence-corrected chi connectivity index (χ2v) is 6.14. The first-order valence-electron chi connectivity index (χ1n) is 8.19. The number of nitrogens with zero attached hydrogens (tertiary/aromatic N) is 3. The van der Waals surface area contributed by atoms with Gasteiger partial charge < -0.3 is 10.2 Å². The molecule has 2 aromatic rings. The van der Waals surface area contributed by atoms with Crippen molar-refractivity contribution in [2.75, 3.05) is 11.4 Å². The summed E-state index contributed by atoms with van der Waals surface area (Å²) in [5, 5.41) is 7.14. The van der Waals surface area contributed by atoms with Gasteiger partial charge in [0.1, 0.15) is 6.54 Å². The van der Waals surface area contributed by atoms with Crippen LogP contribution in [0.15, 0.2) is 30.3 Å². The average Bonchev–Trinajstić information content (AvgIpc) is 2.79. The molecule has 1 aromatic carbocycles. The molecule has 1 N–H and O–H groups in total. The van der Waals surface area contributed by atoms with Crippen LogP contribution in [-0.4, -0.2) is 28.1 Å². The first-order valence-corrected chi connectivity index (χ1v) is 8.19. The number of anilines is 1. The van der Waals surface area contributed by atoms with Crippen molar-refractivity contribution in [3.8, 4) is 0 Å². The number of aryl methyl sites for hydroxylation is 3. The highest BCUT2D eigenvalue weighted by atomic mass is 16.2. The zero-order valence-electron chi connectivity index (χ0n) is 14.1. The SMILES string of the molecule is Cc1cc(CNC(=O)CN2C(=O)CCCc3ccccc32)n(C)n1. The highest BCUT2D eigenvalue weighted by Gasteiger charge is 2.23. The highest BCUT2D eigenvalue weighted by Crippen LogP contribution is 2.26. The third-order valence-corrected chi connectivity index (χ3v) is 4.29. The lowest BCUT2D eigenvalue weighted by Crippen LogP contribution is -2.40. The molecule has 126 valence electrons. The van der Waals surface area contributed by atoms with Crippen molar-refractivity contribution in [3.63, 3.8) is 0 Å². The molecule has 0 radical (unpaired) electrons. The van der Waals surface area contributed by atoms with Crippen LogP contribution in [0.4, 0.5) is 5.69 Å². The third kappa shape index (κ3) is 3.48. The molecular weight excluding hydrogens is 304 g/mol. The molecule has 2 heterocycles. The molecule has 0 spiro atoms. The minimum atomic E-state index is -0.168. The summed E-state index contributed by atoms with van der Waals surface area (Å²) in [5.74, 6) is -0.162. The van der Waals surface area contributed by atoms with E-state index in [1.807, 2.05) is 44.3 Å². The van der Waals surface area contributed by atoms with E-state index in [9.17, 15) is 9.59 Å². The minimum Gasteiger partial charge on any atom is -0.349 e. The molecule has 2 amide bonds. The fraction of sp³-hybridized carbons (Fsp3) is 0.389. The van der Waals surface area contributed by atoms with Crippen molar-refractivity contribution in [3.05, 3.63) is 47.3 Å². The van der Waals surface area contributed by atoms with Crippen LogP contribution < -0.4 is 10.2 Å². The molecule has 0 fully saturated rings. The molecule has 1 aliphatic heterocycles. The van der Waals surface area contributed by atoms with Crippen molar-refractivity contribution in [1.82, 2.24) is 15.1 Å². The maximum Gasteiger partial charge on any atom is 0.240 e. The molecule has 6 heteroatoms. The Morgan fingerprint density at radius 2 is 2.08 bits per heavy atom. The van der Waals surface area contributed by atoms with E-state index >= 15 is 0 Å². The molecule has 1 aliphatic rings. The lowest BCUT2D eigenvalue weighted by atomic mass is 10.1. The Hall–Kier alpha value is -2.63. The predicted octanol–water partition coefficient (Wildman–Crippen LogP) is 1.71. The molecule has 24 heavy (non-hydrogen) atoms. The molecule has 1 aromatic heterocycles. The summed E-state index contributed by atoms with van der Waals surface area (Å²) in [6, 6.07) is 9.75. The van der Waals surface area contributed by atoms with Gasteiger partial charge in [-0.05, 0) is 37.5 Å². The molecule has 0 saturated heterocycles. The van der Waals surface area contributed by atoms with Gasteiger partial charge in [0.15, 0.2) is 0 Å². The van der Waals surface area contributed by atoms with E-state index in [-0.39, 0.29) is 18.4 Å². The molecule has 3 rings (SSSR count). The monoisotopic (exact) mass is 326 g/mol. The normalized spacial score (nSPS) is 14.2. The number of rotatable bonds is 4. The Bertz CT molecular complexity index is 766. The highest BCUT2D eigenvalue weighted by molar-refractivity contribution is 5.99. The van der Waals surface area contributed by atoms with Crippen LogP contribution in [0.3, 0.4) is 0 Å². The Labute approximate surface area is 141 Å². The van der Waals surface area contributed by atoms with Gasteiger partial charge in [0.25, 0.3) is 0 Å². The number of carbonyl (C=O) groups is 2. The first kappa shape index (κ1) is 16.2. The maximum atomic E-state index is 12.4. The third-order valence-electron chi connectivity index (χ3n) is 4.29. The van der Waals surface area contributed by atoms with E-state index in [1.165, 1.54) is 0 Å². The van der Waals surface area contributed by atoms with E-state index in [1.54, 1.807) is 9.58 Å². The van der Waals surface area contributed by atoms with Crippen LogP contribution >= 0.6 is 0 Å². The molecule has 0 atom stereocenters. The molecule has 0 aliphatic carbocycles. The smallest absolute Gasteiger partial charge is 0.240 e. The van der Waals surface area contributed by atoms with Crippen LogP contribution in [0.1, 0.15) is 29.8 Å². The Morgan fingerprint density at radius 3 is 2.83 bits per heavy atom. The number of aromatic nitrogens is 2. The van der Waals surface area contributed by atoms with Crippen molar-refractivity contribution >= 4 is 17.5 Å². The topological polar surface area (TPSA) is 67.2 Å². The summed E-state index contributed by atoms with van der Waals surface area (Å²) in [7, 11) is 1.85. The van der Waals surface area contributed by atoms with E-state index in [4.69, 9.17) is 0 Å². The standard InChI is InChI=1S/C18H22N4O2/c1-13-10-15(21(2)20-13)11-19-17(23)12-22-16-8-4-3-6-14(16)7-5-9-18(22)24/h3-4,6,8,10H,5,7,9,11-12H2,1-2H3,(H,19,23).